The molecule has 84 valence electrons. The van der Waals surface area contributed by atoms with Crippen molar-refractivity contribution in [3.8, 4) is 0 Å². The summed E-state index contributed by atoms with van der Waals surface area (Å²) in [6, 6.07) is 12.8. The largest absolute Gasteiger partial charge is 0.0955 e. The maximum absolute atomic E-state index is 4.02. The molecule has 0 radical (unpaired) electrons. The zero-order chi connectivity index (χ0) is 12.1. The molecule has 0 heteroatoms. The van der Waals surface area contributed by atoms with Gasteiger partial charge >= 0.3 is 0 Å². The van der Waals surface area contributed by atoms with Crippen molar-refractivity contribution >= 4 is 16.3 Å². The Morgan fingerprint density at radius 1 is 1.00 bits per heavy atom. The number of hydrogen-bond donors (Lipinski definition) is 0. The van der Waals surface area contributed by atoms with E-state index in [-0.39, 0.29) is 0 Å². The van der Waals surface area contributed by atoms with Crippen molar-refractivity contribution in [2.45, 2.75) is 27.7 Å². The summed E-state index contributed by atoms with van der Waals surface area (Å²) in [7, 11) is 0. The highest BCUT2D eigenvalue weighted by Crippen LogP contribution is 2.26. The smallest absolute Gasteiger partial charge is 0.00797 e. The van der Waals surface area contributed by atoms with Gasteiger partial charge < -0.3 is 0 Å². The molecule has 0 saturated heterocycles. The van der Waals surface area contributed by atoms with E-state index < -0.39 is 0 Å². The van der Waals surface area contributed by atoms with Crippen LogP contribution in [0, 0.1) is 6.92 Å². The second-order valence-corrected chi connectivity index (χ2v) is 3.76. The van der Waals surface area contributed by atoms with E-state index >= 15 is 0 Å². The van der Waals surface area contributed by atoms with Crippen LogP contribution in [0.25, 0.3) is 16.3 Å². The molecule has 0 nitrogen and oxygen atoms in total. The lowest BCUT2D eigenvalue weighted by molar-refractivity contribution is 1.50. The normalized spacial score (nSPS) is 9.50. The van der Waals surface area contributed by atoms with Gasteiger partial charge in [0.1, 0.15) is 0 Å². The van der Waals surface area contributed by atoms with Crippen LogP contribution in [0.4, 0.5) is 0 Å². The van der Waals surface area contributed by atoms with Crippen LogP contribution in [0.2, 0.25) is 0 Å². The Bertz CT molecular complexity index is 487. The molecule has 2 aromatic rings. The predicted molar refractivity (Wildman–Crippen MR) is 74.7 cm³/mol. The fraction of sp³-hybridized carbons (Fsp3) is 0.250. The number of allylic oxidation sites excluding steroid dienone is 1. The molecule has 0 aliphatic rings. The number of fused-ring (bicyclic) bond motifs is 1. The fourth-order valence-electron chi connectivity index (χ4n) is 1.88. The lowest BCUT2D eigenvalue weighted by atomic mass is 9.97. The highest BCUT2D eigenvalue weighted by Gasteiger charge is 2.02. The van der Waals surface area contributed by atoms with Crippen LogP contribution in [0.5, 0.6) is 0 Å². The SMILES string of the molecule is C=C(C)c1cccc2cccc(C)c12.CC. The monoisotopic (exact) mass is 212 g/mol. The maximum atomic E-state index is 4.02. The molecule has 0 aromatic heterocycles. The predicted octanol–water partition coefficient (Wildman–Crippen LogP) is 5.21. The minimum absolute atomic E-state index is 1.13. The highest BCUT2D eigenvalue weighted by molar-refractivity contribution is 5.95. The molecule has 2 rings (SSSR count). The summed E-state index contributed by atoms with van der Waals surface area (Å²) in [6.45, 7) is 12.2. The van der Waals surface area contributed by atoms with E-state index in [1.54, 1.807) is 0 Å². The maximum Gasteiger partial charge on any atom is -0.00797 e. The van der Waals surface area contributed by atoms with Gasteiger partial charge in [-0.2, -0.15) is 0 Å². The van der Waals surface area contributed by atoms with Gasteiger partial charge in [0.25, 0.3) is 0 Å². The number of aryl methyl sites for hydroxylation is 1. The van der Waals surface area contributed by atoms with Crippen molar-refractivity contribution in [3.05, 3.63) is 54.1 Å². The molecule has 0 fully saturated rings. The van der Waals surface area contributed by atoms with Crippen molar-refractivity contribution in [1.29, 1.82) is 0 Å². The topological polar surface area (TPSA) is 0 Å². The molecule has 0 atom stereocenters. The van der Waals surface area contributed by atoms with Crippen molar-refractivity contribution in [2.75, 3.05) is 0 Å². The molecule has 0 aliphatic heterocycles. The molecule has 0 bridgehead atoms. The first-order chi connectivity index (χ1) is 7.70. The Labute approximate surface area is 98.6 Å². The second kappa shape index (κ2) is 5.50. The van der Waals surface area contributed by atoms with Gasteiger partial charge in [0.15, 0.2) is 0 Å². The quantitative estimate of drug-likeness (QED) is 0.609. The molecule has 0 unspecified atom stereocenters. The van der Waals surface area contributed by atoms with Gasteiger partial charge in [-0.25, -0.2) is 0 Å². The van der Waals surface area contributed by atoms with E-state index in [4.69, 9.17) is 0 Å². The van der Waals surface area contributed by atoms with Gasteiger partial charge in [0.05, 0.1) is 0 Å². The standard InChI is InChI=1S/C14H14.C2H6/c1-10(2)13-9-5-8-12-7-4-6-11(3)14(12)13;1-2/h4-9H,1H2,2-3H3;1-2H3. The van der Waals surface area contributed by atoms with Crippen LogP contribution < -0.4 is 0 Å². The Balaban J connectivity index is 0.000000606. The van der Waals surface area contributed by atoms with Gasteiger partial charge in [-0.05, 0) is 35.7 Å². The summed E-state index contributed by atoms with van der Waals surface area (Å²) < 4.78 is 0. The summed E-state index contributed by atoms with van der Waals surface area (Å²) >= 11 is 0. The third-order valence-corrected chi connectivity index (χ3v) is 2.57. The summed E-state index contributed by atoms with van der Waals surface area (Å²) in [5.74, 6) is 0. The number of hydrogen-bond acceptors (Lipinski definition) is 0. The Kier molecular flexibility index (Phi) is 4.30. The van der Waals surface area contributed by atoms with Crippen molar-refractivity contribution < 1.29 is 0 Å². The molecule has 0 saturated carbocycles. The van der Waals surface area contributed by atoms with Crippen LogP contribution in [-0.2, 0) is 0 Å². The Morgan fingerprint density at radius 3 is 2.12 bits per heavy atom. The van der Waals surface area contributed by atoms with Crippen LogP contribution in [-0.4, -0.2) is 0 Å². The van der Waals surface area contributed by atoms with Gasteiger partial charge in [0, 0.05) is 0 Å². The van der Waals surface area contributed by atoms with Gasteiger partial charge in [-0.15, -0.1) is 0 Å². The summed E-state index contributed by atoms with van der Waals surface area (Å²) in [6.07, 6.45) is 0. The summed E-state index contributed by atoms with van der Waals surface area (Å²) in [5.41, 5.74) is 3.71. The van der Waals surface area contributed by atoms with Gasteiger partial charge in [-0.1, -0.05) is 62.4 Å². The second-order valence-electron chi connectivity index (χ2n) is 3.76. The fourth-order valence-corrected chi connectivity index (χ4v) is 1.88. The molecule has 0 N–H and O–H groups in total. The van der Waals surface area contributed by atoms with Crippen LogP contribution in [0.15, 0.2) is 43.0 Å². The minimum atomic E-state index is 1.13. The van der Waals surface area contributed by atoms with Gasteiger partial charge in [0.2, 0.25) is 0 Å². The molecular formula is C16H20. The van der Waals surface area contributed by atoms with E-state index in [2.05, 4.69) is 56.8 Å². The van der Waals surface area contributed by atoms with Crippen molar-refractivity contribution in [2.24, 2.45) is 0 Å². The van der Waals surface area contributed by atoms with E-state index in [9.17, 15) is 0 Å². The molecular weight excluding hydrogens is 192 g/mol. The first-order valence-corrected chi connectivity index (χ1v) is 5.84. The zero-order valence-corrected chi connectivity index (χ0v) is 10.7. The third-order valence-electron chi connectivity index (χ3n) is 2.57. The van der Waals surface area contributed by atoms with E-state index in [1.807, 2.05) is 13.8 Å². The molecule has 0 amide bonds. The zero-order valence-electron chi connectivity index (χ0n) is 10.7. The van der Waals surface area contributed by atoms with Crippen LogP contribution in [0.1, 0.15) is 31.9 Å². The molecule has 0 aliphatic carbocycles. The van der Waals surface area contributed by atoms with Crippen LogP contribution >= 0.6 is 0 Å². The molecule has 16 heavy (non-hydrogen) atoms. The van der Waals surface area contributed by atoms with E-state index in [0.717, 1.165) is 5.57 Å². The highest BCUT2D eigenvalue weighted by atomic mass is 14.1. The van der Waals surface area contributed by atoms with E-state index in [0.29, 0.717) is 0 Å². The third kappa shape index (κ3) is 2.33. The van der Waals surface area contributed by atoms with Crippen LogP contribution in [0.3, 0.4) is 0 Å². The first-order valence-electron chi connectivity index (χ1n) is 5.84. The average Bonchev–Trinajstić information content (AvgIpc) is 2.31. The lowest BCUT2D eigenvalue weighted by Crippen LogP contribution is -1.85. The van der Waals surface area contributed by atoms with Crippen molar-refractivity contribution in [1.82, 2.24) is 0 Å². The molecule has 2 aromatic carbocycles. The summed E-state index contributed by atoms with van der Waals surface area (Å²) in [5, 5.41) is 2.63. The minimum Gasteiger partial charge on any atom is -0.0955 e. The lowest BCUT2D eigenvalue weighted by Gasteiger charge is -2.08. The number of rotatable bonds is 1. The first kappa shape index (κ1) is 12.5. The average molecular weight is 212 g/mol. The van der Waals surface area contributed by atoms with E-state index in [1.165, 1.54) is 21.9 Å². The number of benzene rings is 2. The van der Waals surface area contributed by atoms with Gasteiger partial charge in [-0.3, -0.25) is 0 Å². The Morgan fingerprint density at radius 2 is 1.56 bits per heavy atom. The molecule has 0 heterocycles. The van der Waals surface area contributed by atoms with Crippen molar-refractivity contribution in [3.63, 3.8) is 0 Å². The Hall–Kier alpha value is -1.56. The summed E-state index contributed by atoms with van der Waals surface area (Å²) in [4.78, 5) is 0. The molecule has 0 spiro atoms.